The fraction of sp³-hybridized carbons (Fsp3) is 0.600. The molecule has 0 aliphatic rings. The van der Waals surface area contributed by atoms with Gasteiger partial charge in [0.15, 0.2) is 0 Å². The van der Waals surface area contributed by atoms with Crippen LogP contribution in [0.5, 0.6) is 0 Å². The molecule has 0 aromatic rings. The molecule has 5 heteroatoms. The van der Waals surface area contributed by atoms with Gasteiger partial charge in [-0.15, -0.1) is 0 Å². The van der Waals surface area contributed by atoms with Crippen molar-refractivity contribution in [2.45, 2.75) is 104 Å². The van der Waals surface area contributed by atoms with Gasteiger partial charge in [-0.3, -0.25) is 4.79 Å². The molecule has 0 rings (SSSR count). The second kappa shape index (κ2) is 23.3. The lowest BCUT2D eigenvalue weighted by Crippen LogP contribution is -2.46. The predicted octanol–water partition coefficient (Wildman–Crippen LogP) is 7.32. The minimum absolute atomic E-state index is 0.188. The molecule has 0 saturated heterocycles. The van der Waals surface area contributed by atoms with E-state index in [2.05, 4.69) is 73.0 Å². The SMILES string of the molecule is CCC=CCC=CCC=CCC=CCC=CCCCCOC(CC)C(=O)N[C@@H](CC(C)C)C(=O)O. The molecule has 1 unspecified atom stereocenters. The van der Waals surface area contributed by atoms with E-state index in [0.717, 1.165) is 51.4 Å². The molecule has 0 heterocycles. The topological polar surface area (TPSA) is 75.6 Å². The molecule has 0 fully saturated rings. The first-order chi connectivity index (χ1) is 16.9. The molecular formula is C30H49NO4. The summed E-state index contributed by atoms with van der Waals surface area (Å²) in [6.07, 6.45) is 30.1. The Morgan fingerprint density at radius 1 is 0.800 bits per heavy atom. The summed E-state index contributed by atoms with van der Waals surface area (Å²) in [6, 6.07) is -0.865. The monoisotopic (exact) mass is 487 g/mol. The van der Waals surface area contributed by atoms with Gasteiger partial charge in [-0.05, 0) is 70.1 Å². The third-order valence-electron chi connectivity index (χ3n) is 5.23. The fourth-order valence-electron chi connectivity index (χ4n) is 3.29. The highest BCUT2D eigenvalue weighted by Gasteiger charge is 2.25. The van der Waals surface area contributed by atoms with Gasteiger partial charge in [-0.25, -0.2) is 4.79 Å². The molecule has 2 atom stereocenters. The van der Waals surface area contributed by atoms with Gasteiger partial charge in [0.25, 0.3) is 0 Å². The molecule has 198 valence electrons. The molecule has 0 radical (unpaired) electrons. The van der Waals surface area contributed by atoms with E-state index < -0.39 is 18.1 Å². The molecule has 35 heavy (non-hydrogen) atoms. The molecular weight excluding hydrogens is 438 g/mol. The van der Waals surface area contributed by atoms with Gasteiger partial charge < -0.3 is 15.2 Å². The number of aliphatic carboxylic acids is 1. The van der Waals surface area contributed by atoms with E-state index in [0.29, 0.717) is 19.4 Å². The van der Waals surface area contributed by atoms with Crippen LogP contribution in [0.3, 0.4) is 0 Å². The van der Waals surface area contributed by atoms with Crippen LogP contribution >= 0.6 is 0 Å². The summed E-state index contributed by atoms with van der Waals surface area (Å²) in [5.41, 5.74) is 0. The fourth-order valence-corrected chi connectivity index (χ4v) is 3.29. The van der Waals surface area contributed by atoms with Crippen LogP contribution in [-0.4, -0.2) is 35.7 Å². The van der Waals surface area contributed by atoms with Crippen molar-refractivity contribution < 1.29 is 19.4 Å². The molecule has 0 aliphatic heterocycles. The van der Waals surface area contributed by atoms with Crippen LogP contribution in [0.2, 0.25) is 0 Å². The molecule has 1 amide bonds. The van der Waals surface area contributed by atoms with Crippen molar-refractivity contribution in [2.24, 2.45) is 5.92 Å². The van der Waals surface area contributed by atoms with Crippen molar-refractivity contribution >= 4 is 11.9 Å². The number of rotatable bonds is 21. The summed E-state index contributed by atoms with van der Waals surface area (Å²) in [5.74, 6) is -1.15. The Kier molecular flexibility index (Phi) is 21.7. The zero-order valence-corrected chi connectivity index (χ0v) is 22.5. The number of amides is 1. The molecule has 0 aromatic heterocycles. The van der Waals surface area contributed by atoms with Gasteiger partial charge in [0.05, 0.1) is 0 Å². The zero-order chi connectivity index (χ0) is 26.2. The molecule has 0 saturated carbocycles. The number of carbonyl (C=O) groups excluding carboxylic acids is 1. The maximum Gasteiger partial charge on any atom is 0.326 e. The third kappa shape index (κ3) is 20.7. The average molecular weight is 488 g/mol. The van der Waals surface area contributed by atoms with Crippen LogP contribution in [0.1, 0.15) is 91.9 Å². The standard InChI is InChI=1S/C30H49NO4/c1-5-7-8-9-10-11-12-13-14-15-16-17-18-19-20-21-22-23-24-35-28(6-2)29(32)31-27(30(33)34)25-26(3)4/h7-8,10-11,13-14,16-17,19-20,26-28H,5-6,9,12,15,18,21-25H2,1-4H3,(H,31,32)(H,33,34)/t27-,28?/m0/s1. The van der Waals surface area contributed by atoms with Crippen LogP contribution in [-0.2, 0) is 14.3 Å². The first kappa shape index (κ1) is 32.6. The van der Waals surface area contributed by atoms with Crippen molar-refractivity contribution in [3.63, 3.8) is 0 Å². The molecule has 5 nitrogen and oxygen atoms in total. The number of nitrogens with one attached hydrogen (secondary N) is 1. The van der Waals surface area contributed by atoms with Crippen molar-refractivity contribution in [1.29, 1.82) is 0 Å². The lowest BCUT2D eigenvalue weighted by Gasteiger charge is -2.21. The van der Waals surface area contributed by atoms with Crippen molar-refractivity contribution in [3.05, 3.63) is 60.8 Å². The number of carboxylic acid groups (broad SMARTS) is 1. The van der Waals surface area contributed by atoms with Gasteiger partial charge in [0, 0.05) is 6.61 Å². The van der Waals surface area contributed by atoms with E-state index >= 15 is 0 Å². The van der Waals surface area contributed by atoms with Gasteiger partial charge in [0.2, 0.25) is 5.91 Å². The first-order valence-corrected chi connectivity index (χ1v) is 13.3. The summed E-state index contributed by atoms with van der Waals surface area (Å²) < 4.78 is 5.71. The minimum atomic E-state index is -1.00. The zero-order valence-electron chi connectivity index (χ0n) is 22.5. The quantitative estimate of drug-likeness (QED) is 0.131. The van der Waals surface area contributed by atoms with E-state index in [1.165, 1.54) is 0 Å². The van der Waals surface area contributed by atoms with Crippen LogP contribution in [0.15, 0.2) is 60.8 Å². The van der Waals surface area contributed by atoms with E-state index in [9.17, 15) is 14.7 Å². The van der Waals surface area contributed by atoms with Gasteiger partial charge in [-0.2, -0.15) is 0 Å². The summed E-state index contributed by atoms with van der Waals surface area (Å²) in [6.45, 7) is 8.39. The Labute approximate surface area is 214 Å². The normalized spacial score (nSPS) is 14.3. The second-order valence-corrected chi connectivity index (χ2v) is 9.00. The Morgan fingerprint density at radius 3 is 1.77 bits per heavy atom. The Balaban J connectivity index is 3.89. The Bertz CT molecular complexity index is 688. The molecule has 0 aliphatic carbocycles. The maximum absolute atomic E-state index is 12.4. The lowest BCUT2D eigenvalue weighted by molar-refractivity contribution is -0.145. The van der Waals surface area contributed by atoms with Crippen molar-refractivity contribution in [1.82, 2.24) is 5.32 Å². The van der Waals surface area contributed by atoms with Crippen LogP contribution < -0.4 is 5.32 Å². The second-order valence-electron chi connectivity index (χ2n) is 9.00. The molecule has 0 spiro atoms. The van der Waals surface area contributed by atoms with E-state index in [1.54, 1.807) is 0 Å². The highest BCUT2D eigenvalue weighted by molar-refractivity contribution is 5.86. The van der Waals surface area contributed by atoms with Crippen LogP contribution in [0, 0.1) is 5.92 Å². The highest BCUT2D eigenvalue weighted by atomic mass is 16.5. The van der Waals surface area contributed by atoms with Gasteiger partial charge in [-0.1, -0.05) is 88.5 Å². The Morgan fingerprint density at radius 2 is 1.31 bits per heavy atom. The average Bonchev–Trinajstić information content (AvgIpc) is 2.82. The smallest absolute Gasteiger partial charge is 0.326 e. The number of carbonyl (C=O) groups is 2. The molecule has 0 bridgehead atoms. The lowest BCUT2D eigenvalue weighted by atomic mass is 10.0. The third-order valence-corrected chi connectivity index (χ3v) is 5.23. The highest BCUT2D eigenvalue weighted by Crippen LogP contribution is 2.08. The van der Waals surface area contributed by atoms with E-state index in [1.807, 2.05) is 20.8 Å². The van der Waals surface area contributed by atoms with Crippen molar-refractivity contribution in [3.8, 4) is 0 Å². The molecule has 2 N–H and O–H groups in total. The first-order valence-electron chi connectivity index (χ1n) is 13.3. The van der Waals surface area contributed by atoms with E-state index in [4.69, 9.17) is 4.74 Å². The van der Waals surface area contributed by atoms with E-state index in [-0.39, 0.29) is 11.8 Å². The van der Waals surface area contributed by atoms with Crippen molar-refractivity contribution in [2.75, 3.05) is 6.61 Å². The summed E-state index contributed by atoms with van der Waals surface area (Å²) in [4.78, 5) is 23.7. The Hall–Kier alpha value is -2.40. The number of hydrogen-bond donors (Lipinski definition) is 2. The van der Waals surface area contributed by atoms with Gasteiger partial charge >= 0.3 is 5.97 Å². The maximum atomic E-state index is 12.4. The minimum Gasteiger partial charge on any atom is -0.480 e. The largest absolute Gasteiger partial charge is 0.480 e. The van der Waals surface area contributed by atoms with Crippen LogP contribution in [0.4, 0.5) is 0 Å². The summed E-state index contributed by atoms with van der Waals surface area (Å²) in [7, 11) is 0. The molecule has 0 aromatic carbocycles. The van der Waals surface area contributed by atoms with Crippen LogP contribution in [0.25, 0.3) is 0 Å². The number of hydrogen-bond acceptors (Lipinski definition) is 3. The van der Waals surface area contributed by atoms with Gasteiger partial charge in [0.1, 0.15) is 12.1 Å². The summed E-state index contributed by atoms with van der Waals surface area (Å²) in [5, 5.41) is 11.9. The number of carboxylic acids is 1. The number of ether oxygens (including phenoxy) is 1. The number of unbranched alkanes of at least 4 members (excludes halogenated alkanes) is 2. The summed E-state index contributed by atoms with van der Waals surface area (Å²) >= 11 is 0. The number of allylic oxidation sites excluding steroid dienone is 10. The predicted molar refractivity (Wildman–Crippen MR) is 147 cm³/mol.